The molecule has 3 aromatic rings. The Labute approximate surface area is 245 Å². The molecule has 0 fully saturated rings. The average molecular weight is 575 g/mol. The Morgan fingerprint density at radius 3 is 2.56 bits per heavy atom. The van der Waals surface area contributed by atoms with Crippen LogP contribution in [0.1, 0.15) is 49.7 Å². The third-order valence-electron chi connectivity index (χ3n) is 7.11. The molecular weight excluding hydrogens is 536 g/mol. The second-order valence-electron chi connectivity index (χ2n) is 9.86. The van der Waals surface area contributed by atoms with Crippen molar-refractivity contribution >= 4 is 40.5 Å². The van der Waals surface area contributed by atoms with Crippen molar-refractivity contribution in [2.24, 2.45) is 4.99 Å². The zero-order valence-corrected chi connectivity index (χ0v) is 24.7. The molecule has 0 radical (unpaired) electrons. The Bertz CT molecular complexity index is 1340. The van der Waals surface area contributed by atoms with Gasteiger partial charge in [0.2, 0.25) is 18.0 Å². The van der Waals surface area contributed by atoms with E-state index in [1.54, 1.807) is 29.4 Å². The highest BCUT2D eigenvalue weighted by Crippen LogP contribution is 2.27. The predicted molar refractivity (Wildman–Crippen MR) is 163 cm³/mol. The van der Waals surface area contributed by atoms with Crippen LogP contribution in [-0.2, 0) is 20.8 Å². The van der Waals surface area contributed by atoms with Crippen LogP contribution in [0, 0.1) is 0 Å². The van der Waals surface area contributed by atoms with Gasteiger partial charge in [-0.3, -0.25) is 19.4 Å². The van der Waals surface area contributed by atoms with Gasteiger partial charge in [-0.25, -0.2) is 4.99 Å². The molecule has 2 N–H and O–H groups in total. The number of anilines is 1. The maximum absolute atomic E-state index is 14.0. The second kappa shape index (κ2) is 14.7. The number of nitrogens with one attached hydrogen (secondary N) is 2. The molecule has 3 amide bonds. The van der Waals surface area contributed by atoms with Gasteiger partial charge in [-0.2, -0.15) is 0 Å². The molecule has 216 valence electrons. The van der Waals surface area contributed by atoms with Gasteiger partial charge in [0, 0.05) is 36.1 Å². The molecule has 1 aliphatic rings. The molecule has 1 unspecified atom stereocenters. The van der Waals surface area contributed by atoms with Crippen LogP contribution in [0.4, 0.5) is 5.69 Å². The third-order valence-corrected chi connectivity index (χ3v) is 8.04. The Hall–Kier alpha value is -3.89. The number of benzodiazepines with no additional fused rings is 1. The molecule has 3 heterocycles. The van der Waals surface area contributed by atoms with Gasteiger partial charge in [0.15, 0.2) is 0 Å². The summed E-state index contributed by atoms with van der Waals surface area (Å²) in [6, 6.07) is 16.3. The molecule has 2 atom stereocenters. The first-order chi connectivity index (χ1) is 19.9. The van der Waals surface area contributed by atoms with Gasteiger partial charge < -0.3 is 20.4 Å². The van der Waals surface area contributed by atoms with E-state index in [2.05, 4.69) is 34.4 Å². The Morgan fingerprint density at radius 2 is 1.85 bits per heavy atom. The van der Waals surface area contributed by atoms with E-state index in [9.17, 15) is 14.4 Å². The fraction of sp³-hybridized carbons (Fsp3) is 0.387. The summed E-state index contributed by atoms with van der Waals surface area (Å²) < 4.78 is 0. The van der Waals surface area contributed by atoms with Crippen molar-refractivity contribution in [2.75, 3.05) is 31.1 Å². The second-order valence-corrected chi connectivity index (χ2v) is 10.9. The van der Waals surface area contributed by atoms with E-state index >= 15 is 0 Å². The van der Waals surface area contributed by atoms with Crippen molar-refractivity contribution in [2.45, 2.75) is 52.2 Å². The van der Waals surface area contributed by atoms with E-state index < -0.39 is 18.1 Å². The molecule has 41 heavy (non-hydrogen) atoms. The first kappa shape index (κ1) is 30.1. The first-order valence-electron chi connectivity index (χ1n) is 14.2. The number of fused-ring (bicyclic) bond motifs is 1. The van der Waals surface area contributed by atoms with Crippen LogP contribution in [0.15, 0.2) is 71.2 Å². The predicted octanol–water partition coefficient (Wildman–Crippen LogP) is 3.64. The topological polar surface area (TPSA) is 107 Å². The minimum atomic E-state index is -1.18. The molecule has 10 heteroatoms. The number of carbonyl (C=O) groups excluding carboxylic acids is 3. The van der Waals surface area contributed by atoms with Gasteiger partial charge in [-0.05, 0) is 62.5 Å². The van der Waals surface area contributed by atoms with Crippen LogP contribution in [0.3, 0.4) is 0 Å². The van der Waals surface area contributed by atoms with Gasteiger partial charge in [0.25, 0.3) is 5.91 Å². The van der Waals surface area contributed by atoms with Crippen molar-refractivity contribution in [3.05, 3.63) is 82.3 Å². The number of rotatable bonds is 13. The molecule has 4 rings (SSSR count). The number of likely N-dealkylation sites (N-methyl/N-ethyl adjacent to an activating group) is 1. The van der Waals surface area contributed by atoms with Crippen molar-refractivity contribution < 1.29 is 14.4 Å². The molecule has 0 saturated heterocycles. The molecule has 9 nitrogen and oxygen atoms in total. The lowest BCUT2D eigenvalue weighted by atomic mass is 10.0. The molecule has 0 saturated carbocycles. The number of nitrogens with zero attached hydrogens (tertiary/aromatic N) is 4. The number of aryl methyl sites for hydroxylation is 1. The van der Waals surface area contributed by atoms with Crippen molar-refractivity contribution in [1.82, 2.24) is 20.5 Å². The van der Waals surface area contributed by atoms with E-state index in [0.717, 1.165) is 30.8 Å². The number of hydrogen-bond donors (Lipinski definition) is 2. The highest BCUT2D eigenvalue weighted by atomic mass is 32.1. The normalized spacial score (nSPS) is 15.6. The van der Waals surface area contributed by atoms with E-state index in [1.807, 2.05) is 60.0 Å². The molecule has 0 spiro atoms. The largest absolute Gasteiger partial charge is 0.345 e. The summed E-state index contributed by atoms with van der Waals surface area (Å²) in [7, 11) is 0. The van der Waals surface area contributed by atoms with Gasteiger partial charge in [-0.1, -0.05) is 44.2 Å². The Morgan fingerprint density at radius 1 is 1.07 bits per heavy atom. The molecular formula is C31H38N6O3S. The lowest BCUT2D eigenvalue weighted by Crippen LogP contribution is -2.53. The summed E-state index contributed by atoms with van der Waals surface area (Å²) in [5, 5.41) is 7.58. The molecule has 0 aliphatic carbocycles. The number of carbonyl (C=O) groups is 3. The van der Waals surface area contributed by atoms with Crippen LogP contribution in [0.2, 0.25) is 0 Å². The highest BCUT2D eigenvalue weighted by molar-refractivity contribution is 7.09. The summed E-state index contributed by atoms with van der Waals surface area (Å²) in [5.74, 6) is -1.02. The minimum Gasteiger partial charge on any atom is -0.345 e. The number of aromatic nitrogens is 1. The third kappa shape index (κ3) is 7.86. The Kier molecular flexibility index (Phi) is 10.8. The summed E-state index contributed by atoms with van der Waals surface area (Å²) >= 11 is 1.66. The van der Waals surface area contributed by atoms with Gasteiger partial charge in [-0.15, -0.1) is 11.3 Å². The summed E-state index contributed by atoms with van der Waals surface area (Å²) in [4.78, 5) is 54.2. The van der Waals surface area contributed by atoms with E-state index in [4.69, 9.17) is 4.99 Å². The van der Waals surface area contributed by atoms with Gasteiger partial charge in [0.1, 0.15) is 6.04 Å². The zero-order valence-electron chi connectivity index (χ0n) is 23.9. The minimum absolute atomic E-state index is 0.206. The zero-order chi connectivity index (χ0) is 29.2. The number of aliphatic imine (C=N–C) groups is 1. The van der Waals surface area contributed by atoms with Gasteiger partial charge in [0.05, 0.1) is 17.1 Å². The lowest BCUT2D eigenvalue weighted by Gasteiger charge is -2.28. The average Bonchev–Trinajstić information content (AvgIpc) is 3.48. The van der Waals surface area contributed by atoms with Gasteiger partial charge >= 0.3 is 0 Å². The van der Waals surface area contributed by atoms with Crippen molar-refractivity contribution in [3.63, 3.8) is 0 Å². The van der Waals surface area contributed by atoms with Crippen LogP contribution in [0.5, 0.6) is 0 Å². The van der Waals surface area contributed by atoms with Crippen LogP contribution in [0.25, 0.3) is 0 Å². The van der Waals surface area contributed by atoms with E-state index in [-0.39, 0.29) is 11.8 Å². The number of para-hydroxylation sites is 1. The number of pyridine rings is 1. The quantitative estimate of drug-likeness (QED) is 0.324. The Balaban J connectivity index is 1.54. The van der Waals surface area contributed by atoms with E-state index in [0.29, 0.717) is 37.3 Å². The summed E-state index contributed by atoms with van der Waals surface area (Å²) in [6.07, 6.45) is 2.32. The summed E-state index contributed by atoms with van der Waals surface area (Å²) in [6.45, 7) is 8.62. The SMILES string of the molecule is CCN(CC)CCN1C(=O)C(NC(=O)[C@H](C)NC(=O)CCCc2cccs2)N=C(c2ccccn2)c2ccccc21. The fourth-order valence-electron chi connectivity index (χ4n) is 4.76. The number of benzene rings is 1. The maximum Gasteiger partial charge on any atom is 0.272 e. The van der Waals surface area contributed by atoms with Crippen LogP contribution < -0.4 is 15.5 Å². The van der Waals surface area contributed by atoms with Crippen LogP contribution >= 0.6 is 11.3 Å². The molecule has 1 aliphatic heterocycles. The molecule has 2 aromatic heterocycles. The first-order valence-corrected chi connectivity index (χ1v) is 15.0. The summed E-state index contributed by atoms with van der Waals surface area (Å²) in [5.41, 5.74) is 2.61. The number of thiophene rings is 1. The van der Waals surface area contributed by atoms with Crippen LogP contribution in [-0.4, -0.2) is 71.7 Å². The standard InChI is InChI=1S/C31H38N6O3S/c1-4-36(5-2)19-20-37-26-16-7-6-14-24(26)28(25-15-8-9-18-32-25)34-29(31(37)40)35-30(39)22(3)33-27(38)17-10-12-23-13-11-21-41-23/h6-9,11,13-16,18,21-22,29H,4-5,10,12,17,19-20H2,1-3H3,(H,33,38)(H,35,39)/t22-,29?/m0/s1. The monoisotopic (exact) mass is 574 g/mol. The fourth-order valence-corrected chi connectivity index (χ4v) is 5.51. The molecule has 1 aromatic carbocycles. The number of hydrogen-bond acceptors (Lipinski definition) is 7. The number of amides is 3. The lowest BCUT2D eigenvalue weighted by molar-refractivity contribution is -0.131. The van der Waals surface area contributed by atoms with E-state index in [1.165, 1.54) is 4.88 Å². The molecule has 0 bridgehead atoms. The van der Waals surface area contributed by atoms with Crippen molar-refractivity contribution in [1.29, 1.82) is 0 Å². The highest BCUT2D eigenvalue weighted by Gasteiger charge is 2.34. The smallest absolute Gasteiger partial charge is 0.272 e. The van der Waals surface area contributed by atoms with Crippen molar-refractivity contribution in [3.8, 4) is 0 Å². The maximum atomic E-state index is 14.0.